The molecule has 0 saturated heterocycles. The molecule has 0 atom stereocenters. The van der Waals surface area contributed by atoms with Crippen molar-refractivity contribution in [2.45, 2.75) is 0 Å². The Kier molecular flexibility index (Phi) is 2.27. The fourth-order valence-electron chi connectivity index (χ4n) is 0.852. The molecule has 0 unspecified atom stereocenters. The molecule has 0 spiro atoms. The number of hydrogen-bond donors (Lipinski definition) is 1. The predicted molar refractivity (Wildman–Crippen MR) is 43.6 cm³/mol. The molecule has 0 aliphatic carbocycles. The molecule has 0 aliphatic heterocycles. The van der Waals surface area contributed by atoms with Gasteiger partial charge < -0.3 is 9.67 Å². The highest BCUT2D eigenvalue weighted by Crippen LogP contribution is 1.96. The van der Waals surface area contributed by atoms with Gasteiger partial charge in [-0.1, -0.05) is 0 Å². The smallest absolute Gasteiger partial charge is 0.377 e. The Morgan fingerprint density at radius 1 is 1.38 bits per heavy atom. The quantitative estimate of drug-likeness (QED) is 0.500. The Morgan fingerprint density at radius 3 is 2.46 bits per heavy atom. The van der Waals surface area contributed by atoms with E-state index < -0.39 is 11.8 Å². The van der Waals surface area contributed by atoms with Crippen LogP contribution in [0, 0.1) is 0 Å². The van der Waals surface area contributed by atoms with Crippen molar-refractivity contribution >= 4 is 11.8 Å². The fourth-order valence-corrected chi connectivity index (χ4v) is 0.852. The van der Waals surface area contributed by atoms with E-state index >= 15 is 0 Å². The van der Waals surface area contributed by atoms with Crippen LogP contribution in [0.1, 0.15) is 10.4 Å². The van der Waals surface area contributed by atoms with Crippen LogP contribution in [0.3, 0.4) is 0 Å². The second kappa shape index (κ2) is 3.22. The van der Waals surface area contributed by atoms with Crippen LogP contribution in [0.2, 0.25) is 0 Å². The SMILES string of the molecule is Cn1cc(C(=O)C(=O)O)ccc1=O. The lowest BCUT2D eigenvalue weighted by atomic mass is 10.2. The number of hydrogen-bond acceptors (Lipinski definition) is 3. The monoisotopic (exact) mass is 181 g/mol. The summed E-state index contributed by atoms with van der Waals surface area (Å²) >= 11 is 0. The van der Waals surface area contributed by atoms with Gasteiger partial charge in [0.2, 0.25) is 5.56 Å². The number of carbonyl (C=O) groups excluding carboxylic acids is 1. The molecule has 1 heterocycles. The third kappa shape index (κ3) is 1.81. The molecule has 0 aromatic carbocycles. The molecule has 0 aliphatic rings. The van der Waals surface area contributed by atoms with E-state index in [0.717, 1.165) is 10.6 Å². The topological polar surface area (TPSA) is 76.4 Å². The summed E-state index contributed by atoms with van der Waals surface area (Å²) in [6.45, 7) is 0. The summed E-state index contributed by atoms with van der Waals surface area (Å²) in [5, 5.41) is 8.36. The first kappa shape index (κ1) is 9.18. The van der Waals surface area contributed by atoms with E-state index in [1.165, 1.54) is 19.3 Å². The summed E-state index contributed by atoms with van der Waals surface area (Å²) < 4.78 is 1.15. The minimum Gasteiger partial charge on any atom is -0.475 e. The first-order chi connectivity index (χ1) is 6.02. The van der Waals surface area contributed by atoms with Crippen LogP contribution in [-0.4, -0.2) is 21.4 Å². The van der Waals surface area contributed by atoms with Gasteiger partial charge in [-0.15, -0.1) is 0 Å². The van der Waals surface area contributed by atoms with E-state index in [9.17, 15) is 14.4 Å². The highest BCUT2D eigenvalue weighted by atomic mass is 16.4. The number of rotatable bonds is 2. The molecule has 5 heteroatoms. The number of aromatic nitrogens is 1. The number of pyridine rings is 1. The third-order valence-electron chi connectivity index (χ3n) is 1.54. The Hall–Kier alpha value is -1.91. The molecule has 1 N–H and O–H groups in total. The molecule has 13 heavy (non-hydrogen) atoms. The van der Waals surface area contributed by atoms with Gasteiger partial charge in [-0.2, -0.15) is 0 Å². The van der Waals surface area contributed by atoms with Crippen molar-refractivity contribution in [3.63, 3.8) is 0 Å². The van der Waals surface area contributed by atoms with Gasteiger partial charge in [0, 0.05) is 24.9 Å². The van der Waals surface area contributed by atoms with Crippen LogP contribution >= 0.6 is 0 Å². The maximum atomic E-state index is 10.9. The van der Waals surface area contributed by atoms with Gasteiger partial charge in [0.05, 0.1) is 0 Å². The van der Waals surface area contributed by atoms with Crippen LogP contribution in [0.4, 0.5) is 0 Å². The van der Waals surface area contributed by atoms with Crippen LogP contribution in [0.15, 0.2) is 23.1 Å². The van der Waals surface area contributed by atoms with E-state index in [4.69, 9.17) is 5.11 Å². The number of carbonyl (C=O) groups is 2. The number of aryl methyl sites for hydroxylation is 1. The second-order valence-electron chi connectivity index (χ2n) is 2.50. The number of nitrogens with zero attached hydrogens (tertiary/aromatic N) is 1. The zero-order chi connectivity index (χ0) is 10.0. The second-order valence-corrected chi connectivity index (χ2v) is 2.50. The van der Waals surface area contributed by atoms with Gasteiger partial charge in [0.25, 0.3) is 5.78 Å². The number of Topliss-reactive ketones (excluding diaryl/α,β-unsaturated/α-hetero) is 1. The third-order valence-corrected chi connectivity index (χ3v) is 1.54. The first-order valence-corrected chi connectivity index (χ1v) is 3.46. The molecule has 1 rings (SSSR count). The molecule has 0 fully saturated rings. The van der Waals surface area contributed by atoms with Crippen LogP contribution in [0.5, 0.6) is 0 Å². The predicted octanol–water partition coefficient (Wildman–Crippen LogP) is -0.347. The summed E-state index contributed by atoms with van der Waals surface area (Å²) in [4.78, 5) is 32.0. The molecule has 0 bridgehead atoms. The standard InChI is InChI=1S/C8H7NO4/c1-9-4-5(2-3-6(9)10)7(11)8(12)13/h2-4H,1H3,(H,12,13). The minimum atomic E-state index is -1.53. The van der Waals surface area contributed by atoms with Crippen molar-refractivity contribution in [2.24, 2.45) is 7.05 Å². The van der Waals surface area contributed by atoms with Gasteiger partial charge in [-0.25, -0.2) is 4.79 Å². The van der Waals surface area contributed by atoms with Gasteiger partial charge in [0.1, 0.15) is 0 Å². The van der Waals surface area contributed by atoms with Crippen molar-refractivity contribution in [1.82, 2.24) is 4.57 Å². The molecule has 68 valence electrons. The van der Waals surface area contributed by atoms with Crippen molar-refractivity contribution < 1.29 is 14.7 Å². The van der Waals surface area contributed by atoms with Crippen LogP contribution < -0.4 is 5.56 Å². The van der Waals surface area contributed by atoms with E-state index in [1.54, 1.807) is 0 Å². The number of carboxylic acid groups (broad SMARTS) is 1. The van der Waals surface area contributed by atoms with Gasteiger partial charge >= 0.3 is 5.97 Å². The Bertz CT molecular complexity index is 418. The highest BCUT2D eigenvalue weighted by Gasteiger charge is 2.14. The summed E-state index contributed by atoms with van der Waals surface area (Å²) in [5.74, 6) is -2.55. The lowest BCUT2D eigenvalue weighted by Gasteiger charge is -1.98. The lowest BCUT2D eigenvalue weighted by Crippen LogP contribution is -2.19. The lowest BCUT2D eigenvalue weighted by molar-refractivity contribution is -0.131. The van der Waals surface area contributed by atoms with Gasteiger partial charge in [0.15, 0.2) is 0 Å². The normalized spacial score (nSPS) is 9.62. The maximum absolute atomic E-state index is 10.9. The zero-order valence-corrected chi connectivity index (χ0v) is 6.85. The average Bonchev–Trinajstić information content (AvgIpc) is 2.08. The molecule has 1 aromatic heterocycles. The Labute approximate surface area is 73.2 Å². The number of carboxylic acids is 1. The fraction of sp³-hybridized carbons (Fsp3) is 0.125. The molecule has 0 radical (unpaired) electrons. The highest BCUT2D eigenvalue weighted by molar-refractivity contribution is 6.39. The summed E-state index contributed by atoms with van der Waals surface area (Å²) in [6, 6.07) is 2.34. The molecule has 5 nitrogen and oxygen atoms in total. The van der Waals surface area contributed by atoms with Crippen molar-refractivity contribution in [3.05, 3.63) is 34.2 Å². The van der Waals surface area contributed by atoms with Crippen LogP contribution in [0.25, 0.3) is 0 Å². The molecule has 0 saturated carbocycles. The largest absolute Gasteiger partial charge is 0.475 e. The Morgan fingerprint density at radius 2 is 2.00 bits per heavy atom. The van der Waals surface area contributed by atoms with Gasteiger partial charge in [-0.05, 0) is 6.07 Å². The molecular formula is C8H7NO4. The minimum absolute atomic E-state index is 0.00500. The molecular weight excluding hydrogens is 174 g/mol. The summed E-state index contributed by atoms with van der Waals surface area (Å²) in [7, 11) is 1.45. The van der Waals surface area contributed by atoms with E-state index in [2.05, 4.69) is 0 Å². The van der Waals surface area contributed by atoms with Crippen molar-refractivity contribution in [3.8, 4) is 0 Å². The van der Waals surface area contributed by atoms with Crippen molar-refractivity contribution in [2.75, 3.05) is 0 Å². The average molecular weight is 181 g/mol. The number of aliphatic carboxylic acids is 1. The van der Waals surface area contributed by atoms with E-state index in [1.807, 2.05) is 0 Å². The first-order valence-electron chi connectivity index (χ1n) is 3.46. The maximum Gasteiger partial charge on any atom is 0.377 e. The molecule has 0 amide bonds. The van der Waals surface area contributed by atoms with E-state index in [0.29, 0.717) is 0 Å². The summed E-state index contributed by atoms with van der Waals surface area (Å²) in [6.07, 6.45) is 1.19. The van der Waals surface area contributed by atoms with Crippen molar-refractivity contribution in [1.29, 1.82) is 0 Å². The zero-order valence-electron chi connectivity index (χ0n) is 6.85. The Balaban J connectivity index is 3.19. The molecule has 1 aromatic rings. The van der Waals surface area contributed by atoms with Gasteiger partial charge in [-0.3, -0.25) is 9.59 Å². The summed E-state index contributed by atoms with van der Waals surface area (Å²) in [5.41, 5.74) is -0.295. The van der Waals surface area contributed by atoms with Crippen LogP contribution in [-0.2, 0) is 11.8 Å². The van der Waals surface area contributed by atoms with E-state index in [-0.39, 0.29) is 11.1 Å². The number of ketones is 1.